The van der Waals surface area contributed by atoms with Gasteiger partial charge in [-0.05, 0) is 0 Å². The lowest BCUT2D eigenvalue weighted by Gasteiger charge is -1.94. The molecular formula is C6H12N2+2. The zero-order chi connectivity index (χ0) is 6.15. The molecule has 1 aliphatic rings. The van der Waals surface area contributed by atoms with Crippen LogP contribution >= 0.6 is 0 Å². The monoisotopic (exact) mass is 112 g/mol. The zero-order valence-electron chi connectivity index (χ0n) is 5.63. The molecule has 1 aliphatic heterocycles. The van der Waals surface area contributed by atoms with E-state index in [2.05, 4.69) is 42.6 Å². The average molecular weight is 112 g/mol. The third kappa shape index (κ3) is 0.661. The van der Waals surface area contributed by atoms with Gasteiger partial charge in [-0.1, -0.05) is 0 Å². The fraction of sp³-hybridized carbons (Fsp3) is 0.667. The van der Waals surface area contributed by atoms with Crippen molar-refractivity contribution < 1.29 is 9.15 Å². The van der Waals surface area contributed by atoms with E-state index in [1.807, 2.05) is 0 Å². The molecule has 0 aromatic rings. The smallest absolute Gasteiger partial charge is 0.173 e. The molecule has 1 heterocycles. The van der Waals surface area contributed by atoms with E-state index in [4.69, 9.17) is 0 Å². The molecule has 0 aliphatic carbocycles. The standard InChI is InChI=1S/C6H12N2/c1-6-7(2)4-5-8(6)3/h4-6H,1-3H3/q+2. The summed E-state index contributed by atoms with van der Waals surface area (Å²) in [5.41, 5.74) is 0. The predicted octanol–water partition coefficient (Wildman–Crippen LogP) is -0.228. The summed E-state index contributed by atoms with van der Waals surface area (Å²) in [5, 5.41) is 0. The van der Waals surface area contributed by atoms with Gasteiger partial charge in [0.1, 0.15) is 14.1 Å². The van der Waals surface area contributed by atoms with Gasteiger partial charge in [0.15, 0.2) is 0 Å². The molecular weight excluding hydrogens is 100 g/mol. The summed E-state index contributed by atoms with van der Waals surface area (Å²) in [6.07, 6.45) is 4.69. The van der Waals surface area contributed by atoms with Crippen molar-refractivity contribution in [3.8, 4) is 0 Å². The lowest BCUT2D eigenvalue weighted by Crippen LogP contribution is -2.24. The summed E-state index contributed by atoms with van der Waals surface area (Å²) >= 11 is 0. The van der Waals surface area contributed by atoms with E-state index in [1.54, 1.807) is 0 Å². The first-order valence-corrected chi connectivity index (χ1v) is 2.84. The second kappa shape index (κ2) is 1.69. The highest BCUT2D eigenvalue weighted by molar-refractivity contribution is 6.11. The molecule has 0 N–H and O–H groups in total. The third-order valence-electron chi connectivity index (χ3n) is 1.72. The van der Waals surface area contributed by atoms with E-state index in [0.29, 0.717) is 6.17 Å². The minimum Gasteiger partial charge on any atom is -0.173 e. The largest absolute Gasteiger partial charge is 0.339 e. The molecule has 1 rings (SSSR count). The molecule has 0 spiro atoms. The Morgan fingerprint density at radius 3 is 1.62 bits per heavy atom. The van der Waals surface area contributed by atoms with Gasteiger partial charge in [0.25, 0.3) is 0 Å². The van der Waals surface area contributed by atoms with Crippen LogP contribution in [0.4, 0.5) is 0 Å². The Kier molecular flexibility index (Phi) is 1.16. The predicted molar refractivity (Wildman–Crippen MR) is 34.0 cm³/mol. The number of nitrogens with zero attached hydrogens (tertiary/aromatic N) is 2. The van der Waals surface area contributed by atoms with Crippen LogP contribution in [0.5, 0.6) is 0 Å². The summed E-state index contributed by atoms with van der Waals surface area (Å²) in [6, 6.07) is 0. The van der Waals surface area contributed by atoms with Gasteiger partial charge in [0.05, 0.1) is 6.92 Å². The first-order valence-electron chi connectivity index (χ1n) is 2.84. The Morgan fingerprint density at radius 2 is 1.50 bits per heavy atom. The minimum atomic E-state index is 0.537. The van der Waals surface area contributed by atoms with Gasteiger partial charge in [0, 0.05) is 0 Å². The first-order chi connectivity index (χ1) is 3.72. The quantitative estimate of drug-likeness (QED) is 0.382. The molecule has 0 aromatic heterocycles. The fourth-order valence-electron chi connectivity index (χ4n) is 0.747. The van der Waals surface area contributed by atoms with Crippen LogP contribution in [0.25, 0.3) is 0 Å². The first kappa shape index (κ1) is 5.48. The Balaban J connectivity index is 2.75. The third-order valence-corrected chi connectivity index (χ3v) is 1.72. The maximum atomic E-state index is 2.17. The molecule has 8 heavy (non-hydrogen) atoms. The molecule has 0 saturated heterocycles. The second-order valence-electron chi connectivity index (χ2n) is 2.26. The van der Waals surface area contributed by atoms with Crippen LogP contribution in [0, 0.1) is 0 Å². The van der Waals surface area contributed by atoms with E-state index in [-0.39, 0.29) is 0 Å². The van der Waals surface area contributed by atoms with Gasteiger partial charge in [0.2, 0.25) is 12.4 Å². The van der Waals surface area contributed by atoms with Crippen molar-refractivity contribution in [2.24, 2.45) is 0 Å². The Labute approximate surface area is 49.8 Å². The van der Waals surface area contributed by atoms with Crippen molar-refractivity contribution in [3.63, 3.8) is 0 Å². The van der Waals surface area contributed by atoms with Crippen molar-refractivity contribution in [2.75, 3.05) is 14.1 Å². The summed E-state index contributed by atoms with van der Waals surface area (Å²) in [6.45, 7) is 2.17. The van der Waals surface area contributed by atoms with Gasteiger partial charge >= 0.3 is 6.17 Å². The van der Waals surface area contributed by atoms with E-state index in [0.717, 1.165) is 0 Å². The van der Waals surface area contributed by atoms with Crippen molar-refractivity contribution in [1.29, 1.82) is 0 Å². The maximum Gasteiger partial charge on any atom is 0.339 e. The SMILES string of the molecule is CC1[N+](C)=CC=[N+]1C. The van der Waals surface area contributed by atoms with Crippen LogP contribution in [0.1, 0.15) is 6.92 Å². The normalized spacial score (nSPS) is 20.9. The highest BCUT2D eigenvalue weighted by atomic mass is 15.2. The molecule has 0 fully saturated rings. The Morgan fingerprint density at radius 1 is 1.12 bits per heavy atom. The van der Waals surface area contributed by atoms with E-state index >= 15 is 0 Å². The van der Waals surface area contributed by atoms with Crippen LogP contribution in [-0.4, -0.2) is 41.8 Å². The van der Waals surface area contributed by atoms with Crippen LogP contribution in [-0.2, 0) is 0 Å². The lowest BCUT2D eigenvalue weighted by atomic mass is 10.5. The van der Waals surface area contributed by atoms with E-state index in [1.165, 1.54) is 0 Å². The van der Waals surface area contributed by atoms with E-state index in [9.17, 15) is 0 Å². The van der Waals surface area contributed by atoms with Crippen molar-refractivity contribution in [3.05, 3.63) is 0 Å². The van der Waals surface area contributed by atoms with Crippen LogP contribution in [0.3, 0.4) is 0 Å². The van der Waals surface area contributed by atoms with Gasteiger partial charge < -0.3 is 0 Å². The van der Waals surface area contributed by atoms with Crippen molar-refractivity contribution >= 4 is 12.4 Å². The minimum absolute atomic E-state index is 0.537. The van der Waals surface area contributed by atoms with Gasteiger partial charge in [-0.25, -0.2) is 0 Å². The summed E-state index contributed by atoms with van der Waals surface area (Å²) in [4.78, 5) is 0. The average Bonchev–Trinajstić information content (AvgIpc) is 1.98. The van der Waals surface area contributed by atoms with Crippen LogP contribution < -0.4 is 0 Å². The molecule has 0 amide bonds. The van der Waals surface area contributed by atoms with Crippen LogP contribution in [0.2, 0.25) is 0 Å². The Bertz CT molecular complexity index is 138. The van der Waals surface area contributed by atoms with Gasteiger partial charge in [-0.2, -0.15) is 9.15 Å². The molecule has 0 bridgehead atoms. The maximum absolute atomic E-state index is 2.17. The van der Waals surface area contributed by atoms with Crippen molar-refractivity contribution in [1.82, 2.24) is 0 Å². The molecule has 2 nitrogen and oxygen atoms in total. The number of hydrogen-bond acceptors (Lipinski definition) is 0. The zero-order valence-corrected chi connectivity index (χ0v) is 5.63. The molecule has 0 atom stereocenters. The highest BCUT2D eigenvalue weighted by Gasteiger charge is 2.23. The molecule has 44 valence electrons. The van der Waals surface area contributed by atoms with E-state index < -0.39 is 0 Å². The molecule has 0 radical (unpaired) electrons. The molecule has 0 saturated carbocycles. The molecule has 0 aromatic carbocycles. The number of rotatable bonds is 0. The molecule has 0 unspecified atom stereocenters. The number of hydrogen-bond donors (Lipinski definition) is 0. The van der Waals surface area contributed by atoms with Gasteiger partial charge in [-0.15, -0.1) is 0 Å². The second-order valence-corrected chi connectivity index (χ2v) is 2.26. The van der Waals surface area contributed by atoms with Crippen LogP contribution in [0.15, 0.2) is 0 Å². The summed E-state index contributed by atoms with van der Waals surface area (Å²) in [5.74, 6) is 0. The lowest BCUT2D eigenvalue weighted by molar-refractivity contribution is -0.733. The molecule has 2 heteroatoms. The fourth-order valence-corrected chi connectivity index (χ4v) is 0.747. The topological polar surface area (TPSA) is 6.02 Å². The highest BCUT2D eigenvalue weighted by Crippen LogP contribution is 1.89. The van der Waals surface area contributed by atoms with Crippen molar-refractivity contribution in [2.45, 2.75) is 13.1 Å². The summed E-state index contributed by atoms with van der Waals surface area (Å²) < 4.78 is 4.33. The Hall–Kier alpha value is -0.660. The summed E-state index contributed by atoms with van der Waals surface area (Å²) in [7, 11) is 4.15. The van der Waals surface area contributed by atoms with Gasteiger partial charge in [-0.3, -0.25) is 0 Å².